The fraction of sp³-hybridized carbons (Fsp3) is 0.667. The van der Waals surface area contributed by atoms with Gasteiger partial charge in [0.25, 0.3) is 0 Å². The van der Waals surface area contributed by atoms with E-state index in [0.29, 0.717) is 11.9 Å². The molecule has 0 saturated carbocycles. The Labute approximate surface area is 102 Å². The minimum atomic E-state index is 0.537. The topological polar surface area (TPSA) is 67.1 Å². The van der Waals surface area contributed by atoms with Crippen LogP contribution >= 0.6 is 0 Å². The van der Waals surface area contributed by atoms with Crippen LogP contribution < -0.4 is 16.2 Å². The largest absolute Gasteiger partial charge is 0.353 e. The van der Waals surface area contributed by atoms with Crippen LogP contribution in [0.2, 0.25) is 0 Å². The predicted molar refractivity (Wildman–Crippen MR) is 69.8 cm³/mol. The van der Waals surface area contributed by atoms with Gasteiger partial charge in [0.1, 0.15) is 17.5 Å². The van der Waals surface area contributed by atoms with E-state index in [1.807, 2.05) is 6.07 Å². The molecule has 2 unspecified atom stereocenters. The van der Waals surface area contributed by atoms with Crippen molar-refractivity contribution in [3.8, 4) is 0 Å². The highest BCUT2D eigenvalue weighted by molar-refractivity contribution is 5.50. The van der Waals surface area contributed by atoms with Gasteiger partial charge in [-0.25, -0.2) is 15.8 Å². The Kier molecular flexibility index (Phi) is 3.47. The van der Waals surface area contributed by atoms with Crippen molar-refractivity contribution in [3.05, 3.63) is 11.9 Å². The van der Waals surface area contributed by atoms with Gasteiger partial charge in [-0.15, -0.1) is 0 Å². The third kappa shape index (κ3) is 2.49. The molecule has 0 spiro atoms. The summed E-state index contributed by atoms with van der Waals surface area (Å²) in [7, 11) is 0. The summed E-state index contributed by atoms with van der Waals surface area (Å²) in [6.07, 6.45) is 2.04. The molecule has 1 saturated heterocycles. The number of hydrogen-bond acceptors (Lipinski definition) is 5. The van der Waals surface area contributed by atoms with Crippen molar-refractivity contribution in [2.75, 3.05) is 16.9 Å². The average Bonchev–Trinajstić information content (AvgIpc) is 2.67. The molecule has 5 nitrogen and oxygen atoms in total. The average molecular weight is 235 g/mol. The van der Waals surface area contributed by atoms with Crippen molar-refractivity contribution < 1.29 is 0 Å². The highest BCUT2D eigenvalue weighted by Crippen LogP contribution is 2.28. The fourth-order valence-corrected chi connectivity index (χ4v) is 2.48. The first-order valence-electron chi connectivity index (χ1n) is 6.25. The maximum atomic E-state index is 5.44. The van der Waals surface area contributed by atoms with Gasteiger partial charge >= 0.3 is 0 Å². The Morgan fingerprint density at radius 2 is 2.24 bits per heavy atom. The van der Waals surface area contributed by atoms with Gasteiger partial charge in [-0.05, 0) is 19.3 Å². The SMILES string of the molecule is CCc1nc(NN)cc(N2CC(C)CC2C)n1. The zero-order valence-electron chi connectivity index (χ0n) is 10.8. The lowest BCUT2D eigenvalue weighted by Crippen LogP contribution is -2.28. The van der Waals surface area contributed by atoms with E-state index in [1.165, 1.54) is 6.42 Å². The number of nitrogens with two attached hydrogens (primary N) is 1. The molecule has 2 heterocycles. The number of hydrogen-bond donors (Lipinski definition) is 2. The van der Waals surface area contributed by atoms with Crippen molar-refractivity contribution in [2.24, 2.45) is 11.8 Å². The second-order valence-electron chi connectivity index (χ2n) is 4.87. The van der Waals surface area contributed by atoms with Gasteiger partial charge in [0.05, 0.1) is 0 Å². The van der Waals surface area contributed by atoms with E-state index >= 15 is 0 Å². The van der Waals surface area contributed by atoms with Gasteiger partial charge < -0.3 is 10.3 Å². The van der Waals surface area contributed by atoms with E-state index < -0.39 is 0 Å². The summed E-state index contributed by atoms with van der Waals surface area (Å²) >= 11 is 0. The highest BCUT2D eigenvalue weighted by Gasteiger charge is 2.27. The summed E-state index contributed by atoms with van der Waals surface area (Å²) < 4.78 is 0. The van der Waals surface area contributed by atoms with Crippen molar-refractivity contribution in [1.82, 2.24) is 9.97 Å². The maximum Gasteiger partial charge on any atom is 0.145 e. The number of hydrazine groups is 1. The molecule has 0 bridgehead atoms. The van der Waals surface area contributed by atoms with E-state index in [2.05, 4.69) is 41.1 Å². The zero-order valence-corrected chi connectivity index (χ0v) is 10.8. The second-order valence-corrected chi connectivity index (χ2v) is 4.87. The van der Waals surface area contributed by atoms with Gasteiger partial charge in [-0.1, -0.05) is 13.8 Å². The summed E-state index contributed by atoms with van der Waals surface area (Å²) in [6.45, 7) is 7.63. The van der Waals surface area contributed by atoms with Crippen LogP contribution in [-0.4, -0.2) is 22.6 Å². The first-order valence-corrected chi connectivity index (χ1v) is 6.25. The third-order valence-corrected chi connectivity index (χ3v) is 3.30. The normalized spacial score (nSPS) is 24.1. The standard InChI is InChI=1S/C12H21N5/c1-4-10-14-11(16-13)6-12(15-10)17-7-8(2)5-9(17)3/h6,8-9H,4-5,7,13H2,1-3H3,(H,14,15,16). The number of aromatic nitrogens is 2. The zero-order chi connectivity index (χ0) is 12.4. The Hall–Kier alpha value is -1.36. The molecule has 2 atom stereocenters. The van der Waals surface area contributed by atoms with Gasteiger partial charge in [-0.2, -0.15) is 0 Å². The van der Waals surface area contributed by atoms with Gasteiger partial charge in [-0.3, -0.25) is 0 Å². The quantitative estimate of drug-likeness (QED) is 0.614. The molecule has 1 aliphatic heterocycles. The molecular weight excluding hydrogens is 214 g/mol. The summed E-state index contributed by atoms with van der Waals surface area (Å²) in [5.41, 5.74) is 2.61. The maximum absolute atomic E-state index is 5.44. The number of rotatable bonds is 3. The lowest BCUT2D eigenvalue weighted by molar-refractivity contribution is 0.625. The summed E-state index contributed by atoms with van der Waals surface area (Å²) in [5, 5.41) is 0. The molecule has 1 aliphatic rings. The van der Waals surface area contributed by atoms with Crippen molar-refractivity contribution in [1.29, 1.82) is 0 Å². The predicted octanol–water partition coefficient (Wildman–Crippen LogP) is 1.56. The van der Waals surface area contributed by atoms with Crippen LogP contribution in [0, 0.1) is 5.92 Å². The molecule has 0 radical (unpaired) electrons. The van der Waals surface area contributed by atoms with Gasteiger partial charge in [0.2, 0.25) is 0 Å². The van der Waals surface area contributed by atoms with Gasteiger partial charge in [0, 0.05) is 25.1 Å². The first-order chi connectivity index (χ1) is 8.13. The van der Waals surface area contributed by atoms with Crippen LogP contribution in [-0.2, 0) is 6.42 Å². The van der Waals surface area contributed by atoms with Crippen LogP contribution in [0.15, 0.2) is 6.07 Å². The minimum Gasteiger partial charge on any atom is -0.353 e. The molecule has 0 aromatic carbocycles. The van der Waals surface area contributed by atoms with Crippen LogP contribution in [0.4, 0.5) is 11.6 Å². The Morgan fingerprint density at radius 3 is 2.76 bits per heavy atom. The molecule has 1 fully saturated rings. The number of nitrogens with one attached hydrogen (secondary N) is 1. The van der Waals surface area contributed by atoms with E-state index in [-0.39, 0.29) is 0 Å². The van der Waals surface area contributed by atoms with E-state index in [1.54, 1.807) is 0 Å². The lowest BCUT2D eigenvalue weighted by Gasteiger charge is -2.23. The van der Waals surface area contributed by atoms with Crippen LogP contribution in [0.25, 0.3) is 0 Å². The number of aryl methyl sites for hydroxylation is 1. The molecule has 3 N–H and O–H groups in total. The Balaban J connectivity index is 2.31. The summed E-state index contributed by atoms with van der Waals surface area (Å²) in [5.74, 6) is 8.68. The molecule has 0 aliphatic carbocycles. The van der Waals surface area contributed by atoms with Crippen LogP contribution in [0.1, 0.15) is 33.0 Å². The van der Waals surface area contributed by atoms with Crippen molar-refractivity contribution in [3.63, 3.8) is 0 Å². The van der Waals surface area contributed by atoms with Crippen LogP contribution in [0.5, 0.6) is 0 Å². The third-order valence-electron chi connectivity index (χ3n) is 3.30. The molecule has 94 valence electrons. The van der Waals surface area contributed by atoms with E-state index in [4.69, 9.17) is 5.84 Å². The van der Waals surface area contributed by atoms with Gasteiger partial charge in [0.15, 0.2) is 0 Å². The molecule has 17 heavy (non-hydrogen) atoms. The summed E-state index contributed by atoms with van der Waals surface area (Å²) in [6, 6.07) is 2.46. The highest BCUT2D eigenvalue weighted by atomic mass is 15.3. The van der Waals surface area contributed by atoms with Crippen LogP contribution in [0.3, 0.4) is 0 Å². The monoisotopic (exact) mass is 235 g/mol. The molecular formula is C12H21N5. The van der Waals surface area contributed by atoms with E-state index in [9.17, 15) is 0 Å². The summed E-state index contributed by atoms with van der Waals surface area (Å²) in [4.78, 5) is 11.2. The molecule has 0 amide bonds. The molecule has 1 aromatic rings. The molecule has 1 aromatic heterocycles. The number of nitrogens with zero attached hydrogens (tertiary/aromatic N) is 3. The fourth-order valence-electron chi connectivity index (χ4n) is 2.48. The minimum absolute atomic E-state index is 0.537. The molecule has 5 heteroatoms. The lowest BCUT2D eigenvalue weighted by atomic mass is 10.1. The number of anilines is 2. The second kappa shape index (κ2) is 4.87. The molecule has 2 rings (SSSR count). The first kappa shape index (κ1) is 12.1. The Bertz CT molecular complexity index is 370. The smallest absolute Gasteiger partial charge is 0.145 e. The van der Waals surface area contributed by atoms with E-state index in [0.717, 1.165) is 30.5 Å². The van der Waals surface area contributed by atoms with Crippen molar-refractivity contribution in [2.45, 2.75) is 39.7 Å². The Morgan fingerprint density at radius 1 is 1.47 bits per heavy atom. The van der Waals surface area contributed by atoms with Crippen molar-refractivity contribution >= 4 is 11.6 Å². The number of nitrogen functional groups attached to an aromatic ring is 1.